The van der Waals surface area contributed by atoms with Gasteiger partial charge in [-0.15, -0.1) is 11.3 Å². The second kappa shape index (κ2) is 5.46. The number of rotatable bonds is 3. The van der Waals surface area contributed by atoms with Crippen molar-refractivity contribution in [1.29, 1.82) is 0 Å². The van der Waals surface area contributed by atoms with E-state index < -0.39 is 0 Å². The van der Waals surface area contributed by atoms with Gasteiger partial charge in [-0.3, -0.25) is 9.69 Å². The highest BCUT2D eigenvalue weighted by Crippen LogP contribution is 2.54. The number of thiophene rings is 1. The summed E-state index contributed by atoms with van der Waals surface area (Å²) in [6, 6.07) is 6.47. The molecule has 0 radical (unpaired) electrons. The summed E-state index contributed by atoms with van der Waals surface area (Å²) in [7, 11) is 0. The summed E-state index contributed by atoms with van der Waals surface area (Å²) < 4.78 is 1.22. The van der Waals surface area contributed by atoms with Crippen LogP contribution in [0.15, 0.2) is 18.2 Å². The lowest BCUT2D eigenvalue weighted by Crippen LogP contribution is -2.65. The van der Waals surface area contributed by atoms with Gasteiger partial charge in [0, 0.05) is 15.3 Å². The zero-order chi connectivity index (χ0) is 17.5. The number of nitrogens with zero attached hydrogens (tertiary/aromatic N) is 1. The van der Waals surface area contributed by atoms with Crippen molar-refractivity contribution in [1.82, 2.24) is 10.2 Å². The Morgan fingerprint density at radius 2 is 1.96 bits per heavy atom. The van der Waals surface area contributed by atoms with Crippen LogP contribution in [-0.4, -0.2) is 35.5 Å². The third kappa shape index (κ3) is 2.25. The molecule has 1 spiro atoms. The van der Waals surface area contributed by atoms with Crippen molar-refractivity contribution >= 4 is 38.9 Å². The van der Waals surface area contributed by atoms with E-state index in [1.807, 2.05) is 6.07 Å². The van der Waals surface area contributed by atoms with Gasteiger partial charge in [0.2, 0.25) is 0 Å². The maximum absolute atomic E-state index is 13.1. The Morgan fingerprint density at radius 3 is 2.65 bits per heavy atom. The summed E-state index contributed by atoms with van der Waals surface area (Å²) in [5.74, 6) is 1.38. The van der Waals surface area contributed by atoms with Gasteiger partial charge < -0.3 is 5.32 Å². The molecule has 26 heavy (non-hydrogen) atoms. The van der Waals surface area contributed by atoms with Gasteiger partial charge in [0.15, 0.2) is 0 Å². The Bertz CT molecular complexity index is 906. The fraction of sp³-hybridized carbons (Fsp3) is 0.571. The first kappa shape index (κ1) is 15.9. The first-order valence-corrected chi connectivity index (χ1v) is 11.1. The molecule has 1 amide bonds. The molecule has 1 N–H and O–H groups in total. The average Bonchev–Trinajstić information content (AvgIpc) is 3.57. The summed E-state index contributed by atoms with van der Waals surface area (Å²) >= 11 is 8.11. The predicted octanol–water partition coefficient (Wildman–Crippen LogP) is 4.79. The summed E-state index contributed by atoms with van der Waals surface area (Å²) in [4.78, 5) is 16.6. The molecule has 3 aliphatic heterocycles. The minimum absolute atomic E-state index is 0.120. The molecule has 7 rings (SSSR count). The van der Waals surface area contributed by atoms with E-state index in [9.17, 15) is 4.79 Å². The van der Waals surface area contributed by atoms with Gasteiger partial charge >= 0.3 is 0 Å². The maximum atomic E-state index is 13.1. The molecule has 2 bridgehead atoms. The molecular weight excluding hydrogens is 364 g/mol. The van der Waals surface area contributed by atoms with Crippen LogP contribution in [0.2, 0.25) is 5.02 Å². The molecule has 1 aromatic heterocycles. The van der Waals surface area contributed by atoms with Crippen molar-refractivity contribution in [3.05, 3.63) is 33.7 Å². The Balaban J connectivity index is 1.32. The Kier molecular flexibility index (Phi) is 3.34. The largest absolute Gasteiger partial charge is 0.346 e. The van der Waals surface area contributed by atoms with Crippen LogP contribution >= 0.6 is 22.9 Å². The SMILES string of the molecule is O=C(N[C@H]1C2CCN(CC2)C12CC2)c1cc2ccc(Cl)c(C3CC3)c2s1. The maximum Gasteiger partial charge on any atom is 0.261 e. The highest BCUT2D eigenvalue weighted by Gasteiger charge is 2.60. The van der Waals surface area contributed by atoms with Crippen LogP contribution in [0.4, 0.5) is 0 Å². The van der Waals surface area contributed by atoms with Gasteiger partial charge in [-0.25, -0.2) is 0 Å². The standard InChI is InChI=1S/C21H23ClN2OS/c22-15-4-3-14-11-16(26-18(14)17(15)12-1-2-12)20(25)23-19-13-5-9-24(10-6-13)21(19)7-8-21/h3-4,11-13,19H,1-2,5-10H2,(H,23,25)/t19-/m0/s1. The molecule has 1 aromatic carbocycles. The molecule has 2 aromatic rings. The van der Waals surface area contributed by atoms with E-state index in [-0.39, 0.29) is 11.4 Å². The quantitative estimate of drug-likeness (QED) is 0.822. The first-order chi connectivity index (χ1) is 12.7. The van der Waals surface area contributed by atoms with Gasteiger partial charge in [-0.1, -0.05) is 17.7 Å². The Hall–Kier alpha value is -1.10. The molecule has 5 aliphatic rings. The lowest BCUT2D eigenvalue weighted by Gasteiger charge is -2.52. The van der Waals surface area contributed by atoms with Crippen LogP contribution in [0.25, 0.3) is 10.1 Å². The van der Waals surface area contributed by atoms with Crippen molar-refractivity contribution in [3.8, 4) is 0 Å². The first-order valence-electron chi connectivity index (χ1n) is 9.93. The normalized spacial score (nSPS) is 31.5. The van der Waals surface area contributed by atoms with Crippen LogP contribution in [0.1, 0.15) is 59.7 Å². The van der Waals surface area contributed by atoms with Crippen LogP contribution in [0, 0.1) is 5.92 Å². The third-order valence-corrected chi connectivity index (χ3v) is 8.66. The highest BCUT2D eigenvalue weighted by atomic mass is 35.5. The van der Waals surface area contributed by atoms with Crippen molar-refractivity contribution in [2.45, 2.75) is 56.0 Å². The number of hydrogen-bond donors (Lipinski definition) is 1. The topological polar surface area (TPSA) is 32.3 Å². The summed E-state index contributed by atoms with van der Waals surface area (Å²) in [6.07, 6.45) is 7.42. The lowest BCUT2D eigenvalue weighted by molar-refractivity contribution is -0.00138. The minimum Gasteiger partial charge on any atom is -0.346 e. The molecule has 5 heteroatoms. The number of amides is 1. The van der Waals surface area contributed by atoms with Crippen molar-refractivity contribution in [3.63, 3.8) is 0 Å². The number of piperidine rings is 3. The number of halogens is 1. The van der Waals surface area contributed by atoms with E-state index in [1.54, 1.807) is 11.3 Å². The second-order valence-corrected chi connectivity index (χ2v) is 10.1. The number of nitrogens with one attached hydrogen (secondary N) is 1. The van der Waals surface area contributed by atoms with Crippen LogP contribution in [-0.2, 0) is 0 Å². The molecule has 3 nitrogen and oxygen atoms in total. The van der Waals surface area contributed by atoms with E-state index in [2.05, 4.69) is 22.3 Å². The molecule has 3 saturated heterocycles. The van der Waals surface area contributed by atoms with Gasteiger partial charge in [0.1, 0.15) is 0 Å². The van der Waals surface area contributed by atoms with Crippen LogP contribution in [0.3, 0.4) is 0 Å². The van der Waals surface area contributed by atoms with E-state index in [1.165, 1.54) is 67.3 Å². The van der Waals surface area contributed by atoms with Crippen molar-refractivity contribution < 1.29 is 4.79 Å². The van der Waals surface area contributed by atoms with Gasteiger partial charge in [-0.2, -0.15) is 0 Å². The van der Waals surface area contributed by atoms with Gasteiger partial charge in [-0.05, 0) is 86.5 Å². The van der Waals surface area contributed by atoms with Gasteiger partial charge in [0.25, 0.3) is 5.91 Å². The van der Waals surface area contributed by atoms with E-state index >= 15 is 0 Å². The highest BCUT2D eigenvalue weighted by molar-refractivity contribution is 7.21. The molecule has 2 saturated carbocycles. The fourth-order valence-corrected chi connectivity index (χ4v) is 7.05. The molecule has 136 valence electrons. The third-order valence-electron chi connectivity index (χ3n) is 7.15. The number of hydrogen-bond acceptors (Lipinski definition) is 3. The molecule has 4 heterocycles. The fourth-order valence-electron chi connectivity index (χ4n) is 5.50. The molecule has 1 atom stereocenters. The summed E-state index contributed by atoms with van der Waals surface area (Å²) in [5, 5.41) is 5.49. The Labute approximate surface area is 162 Å². The zero-order valence-corrected chi connectivity index (χ0v) is 16.3. The Morgan fingerprint density at radius 1 is 1.19 bits per heavy atom. The zero-order valence-electron chi connectivity index (χ0n) is 14.8. The van der Waals surface area contributed by atoms with Crippen LogP contribution < -0.4 is 5.32 Å². The van der Waals surface area contributed by atoms with Crippen LogP contribution in [0.5, 0.6) is 0 Å². The number of benzene rings is 1. The number of carbonyl (C=O) groups excluding carboxylic acids is 1. The van der Waals surface area contributed by atoms with E-state index in [0.29, 0.717) is 17.9 Å². The average molecular weight is 387 g/mol. The second-order valence-electron chi connectivity index (χ2n) is 8.64. The molecular formula is C21H23ClN2OS. The number of carbonyl (C=O) groups is 1. The van der Waals surface area contributed by atoms with E-state index in [0.717, 1.165) is 9.90 Å². The molecule has 2 aliphatic carbocycles. The van der Waals surface area contributed by atoms with Crippen molar-refractivity contribution in [2.24, 2.45) is 5.92 Å². The predicted molar refractivity (Wildman–Crippen MR) is 106 cm³/mol. The molecule has 5 fully saturated rings. The molecule has 0 unspecified atom stereocenters. The van der Waals surface area contributed by atoms with E-state index in [4.69, 9.17) is 11.6 Å². The summed E-state index contributed by atoms with van der Waals surface area (Å²) in [6.45, 7) is 2.45. The minimum atomic E-state index is 0.120. The smallest absolute Gasteiger partial charge is 0.261 e. The lowest BCUT2D eigenvalue weighted by atomic mass is 9.77. The van der Waals surface area contributed by atoms with Crippen molar-refractivity contribution in [2.75, 3.05) is 13.1 Å². The summed E-state index contributed by atoms with van der Waals surface area (Å²) in [5.41, 5.74) is 1.56. The monoisotopic (exact) mass is 386 g/mol. The van der Waals surface area contributed by atoms with Gasteiger partial charge in [0.05, 0.1) is 10.9 Å². The number of fused-ring (bicyclic) bond motifs is 3.